The molecule has 6 heteroatoms. The molecule has 2 aliphatic heterocycles. The Balaban J connectivity index is 1.65. The van der Waals surface area contributed by atoms with Gasteiger partial charge >= 0.3 is 0 Å². The number of aryl methyl sites for hydroxylation is 1. The first-order valence-electron chi connectivity index (χ1n) is 9.93. The van der Waals surface area contributed by atoms with E-state index in [-0.39, 0.29) is 12.1 Å². The second-order valence-electron chi connectivity index (χ2n) is 7.58. The summed E-state index contributed by atoms with van der Waals surface area (Å²) in [7, 11) is 0. The molecule has 2 unspecified atom stereocenters. The first-order valence-corrected chi connectivity index (χ1v) is 9.93. The monoisotopic (exact) mass is 393 g/mol. The predicted molar refractivity (Wildman–Crippen MR) is 114 cm³/mol. The van der Waals surface area contributed by atoms with Gasteiger partial charge in [0.2, 0.25) is 5.95 Å². The number of benzene rings is 2. The maximum absolute atomic E-state index is 6.61. The number of fused-ring (bicyclic) bond motifs is 3. The highest BCUT2D eigenvalue weighted by atomic mass is 16.5. The first kappa shape index (κ1) is 17.0. The van der Waals surface area contributed by atoms with E-state index in [9.17, 15) is 0 Å². The van der Waals surface area contributed by atoms with Crippen LogP contribution in [0.3, 0.4) is 0 Å². The summed E-state index contributed by atoms with van der Waals surface area (Å²) in [5.41, 5.74) is 6.48. The van der Waals surface area contributed by atoms with E-state index < -0.39 is 0 Å². The maximum Gasteiger partial charge on any atom is 0.226 e. The van der Waals surface area contributed by atoms with Crippen LogP contribution in [0, 0.1) is 6.92 Å². The van der Waals surface area contributed by atoms with E-state index in [0.29, 0.717) is 5.95 Å². The molecule has 0 aliphatic carbocycles. The Hall–Kier alpha value is -3.93. The molecule has 0 spiro atoms. The molecule has 2 aromatic carbocycles. The number of anilines is 1. The van der Waals surface area contributed by atoms with Gasteiger partial charge in [-0.05, 0) is 36.2 Å². The van der Waals surface area contributed by atoms with Gasteiger partial charge in [0.1, 0.15) is 24.2 Å². The van der Waals surface area contributed by atoms with Crippen molar-refractivity contribution in [3.05, 3.63) is 107 Å². The molecule has 6 nitrogen and oxygen atoms in total. The van der Waals surface area contributed by atoms with Crippen molar-refractivity contribution in [3.8, 4) is 5.75 Å². The highest BCUT2D eigenvalue weighted by Gasteiger charge is 2.40. The molecule has 2 aromatic heterocycles. The van der Waals surface area contributed by atoms with Crippen LogP contribution in [0.1, 0.15) is 34.4 Å². The summed E-state index contributed by atoms with van der Waals surface area (Å²) < 4.78 is 8.52. The smallest absolute Gasteiger partial charge is 0.226 e. The van der Waals surface area contributed by atoms with E-state index in [1.807, 2.05) is 41.2 Å². The molecule has 4 heterocycles. The van der Waals surface area contributed by atoms with Crippen LogP contribution in [-0.2, 0) is 0 Å². The van der Waals surface area contributed by atoms with Gasteiger partial charge < -0.3 is 10.1 Å². The van der Waals surface area contributed by atoms with Crippen LogP contribution < -0.4 is 10.1 Å². The highest BCUT2D eigenvalue weighted by Crippen LogP contribution is 2.50. The Morgan fingerprint density at radius 3 is 2.70 bits per heavy atom. The van der Waals surface area contributed by atoms with Crippen molar-refractivity contribution in [2.45, 2.75) is 19.1 Å². The number of hydrogen-bond acceptors (Lipinski definition) is 5. The first-order chi connectivity index (χ1) is 14.8. The molecule has 0 saturated heterocycles. The maximum atomic E-state index is 6.61. The van der Waals surface area contributed by atoms with Crippen molar-refractivity contribution < 1.29 is 4.74 Å². The fraction of sp³-hybridized carbons (Fsp3) is 0.125. The van der Waals surface area contributed by atoms with Gasteiger partial charge in [-0.1, -0.05) is 48.0 Å². The SMILES string of the molecule is Cc1ccc2c(c1)C1=C(C(c3ccccc3)O2)C(c2cccnc2)n2ncnc2N1. The summed E-state index contributed by atoms with van der Waals surface area (Å²) in [4.78, 5) is 8.83. The Kier molecular flexibility index (Phi) is 3.71. The standard InChI is InChI=1S/C24H19N5O/c1-15-9-10-19-18(12-15)21-20(23(30-19)16-6-3-2-4-7-16)22(17-8-5-11-25-13-17)29-24(28-21)26-14-27-29/h2-14,22-23H,1H3,(H,26,27,28). The summed E-state index contributed by atoms with van der Waals surface area (Å²) in [5, 5.41) is 8.06. The number of aromatic nitrogens is 4. The van der Waals surface area contributed by atoms with Crippen molar-refractivity contribution in [2.24, 2.45) is 0 Å². The van der Waals surface area contributed by atoms with Crippen LogP contribution in [-0.4, -0.2) is 19.7 Å². The molecule has 0 bridgehead atoms. The Morgan fingerprint density at radius 2 is 1.87 bits per heavy atom. The highest BCUT2D eigenvalue weighted by molar-refractivity contribution is 5.85. The zero-order chi connectivity index (χ0) is 20.1. The third-order valence-electron chi connectivity index (χ3n) is 5.67. The lowest BCUT2D eigenvalue weighted by Crippen LogP contribution is -2.32. The molecule has 1 N–H and O–H groups in total. The van der Waals surface area contributed by atoms with Crippen LogP contribution >= 0.6 is 0 Å². The quantitative estimate of drug-likeness (QED) is 0.542. The van der Waals surface area contributed by atoms with E-state index in [2.05, 4.69) is 57.6 Å². The van der Waals surface area contributed by atoms with Crippen molar-refractivity contribution in [1.29, 1.82) is 0 Å². The predicted octanol–water partition coefficient (Wildman–Crippen LogP) is 4.54. The fourth-order valence-corrected chi connectivity index (χ4v) is 4.34. The Labute approximate surface area is 173 Å². The zero-order valence-corrected chi connectivity index (χ0v) is 16.4. The second-order valence-corrected chi connectivity index (χ2v) is 7.58. The molecule has 146 valence electrons. The van der Waals surface area contributed by atoms with Gasteiger partial charge in [-0.15, -0.1) is 0 Å². The molecule has 0 fully saturated rings. The number of pyridine rings is 1. The number of hydrogen-bond donors (Lipinski definition) is 1. The lowest BCUT2D eigenvalue weighted by Gasteiger charge is -2.39. The van der Waals surface area contributed by atoms with E-state index in [1.165, 1.54) is 5.56 Å². The summed E-state index contributed by atoms with van der Waals surface area (Å²) in [6.07, 6.45) is 5.00. The molecule has 2 aliphatic rings. The molecule has 30 heavy (non-hydrogen) atoms. The minimum atomic E-state index is -0.258. The molecular weight excluding hydrogens is 374 g/mol. The molecule has 2 atom stereocenters. The summed E-state index contributed by atoms with van der Waals surface area (Å²) in [6.45, 7) is 2.09. The van der Waals surface area contributed by atoms with Crippen molar-refractivity contribution in [1.82, 2.24) is 19.7 Å². The van der Waals surface area contributed by atoms with Gasteiger partial charge in [-0.3, -0.25) is 4.98 Å². The van der Waals surface area contributed by atoms with Crippen molar-refractivity contribution in [2.75, 3.05) is 5.32 Å². The number of nitrogens with zero attached hydrogens (tertiary/aromatic N) is 4. The van der Waals surface area contributed by atoms with Crippen LogP contribution in [0.15, 0.2) is 85.0 Å². The lowest BCUT2D eigenvalue weighted by atomic mass is 9.85. The Morgan fingerprint density at radius 1 is 1.00 bits per heavy atom. The molecule has 6 rings (SSSR count). The van der Waals surface area contributed by atoms with E-state index >= 15 is 0 Å². The lowest BCUT2D eigenvalue weighted by molar-refractivity contribution is 0.223. The fourth-order valence-electron chi connectivity index (χ4n) is 4.34. The van der Waals surface area contributed by atoms with Gasteiger partial charge in [-0.2, -0.15) is 10.1 Å². The molecular formula is C24H19N5O. The van der Waals surface area contributed by atoms with Crippen LogP contribution in [0.5, 0.6) is 5.75 Å². The summed E-state index contributed by atoms with van der Waals surface area (Å²) in [6, 6.07) is 20.4. The third kappa shape index (κ3) is 2.54. The van der Waals surface area contributed by atoms with E-state index in [1.54, 1.807) is 12.5 Å². The average molecular weight is 393 g/mol. The van der Waals surface area contributed by atoms with Crippen molar-refractivity contribution >= 4 is 11.6 Å². The molecule has 0 radical (unpaired) electrons. The number of ether oxygens (including phenoxy) is 1. The number of rotatable bonds is 2. The van der Waals surface area contributed by atoms with Crippen molar-refractivity contribution in [3.63, 3.8) is 0 Å². The van der Waals surface area contributed by atoms with Gasteiger partial charge in [0.05, 0.1) is 5.70 Å². The van der Waals surface area contributed by atoms with Crippen LogP contribution in [0.4, 0.5) is 5.95 Å². The normalized spacial score (nSPS) is 19.2. The molecule has 0 saturated carbocycles. The summed E-state index contributed by atoms with van der Waals surface area (Å²) in [5.74, 6) is 1.57. The van der Waals surface area contributed by atoms with Gasteiger partial charge in [0.15, 0.2) is 0 Å². The average Bonchev–Trinajstić information content (AvgIpc) is 3.27. The summed E-state index contributed by atoms with van der Waals surface area (Å²) >= 11 is 0. The molecule has 4 aromatic rings. The third-order valence-corrected chi connectivity index (χ3v) is 5.67. The van der Waals surface area contributed by atoms with Crippen LogP contribution in [0.2, 0.25) is 0 Å². The minimum absolute atomic E-state index is 0.175. The molecule has 0 amide bonds. The zero-order valence-electron chi connectivity index (χ0n) is 16.4. The minimum Gasteiger partial charge on any atom is -0.480 e. The van der Waals surface area contributed by atoms with Gasteiger partial charge in [-0.25, -0.2) is 4.68 Å². The topological polar surface area (TPSA) is 64.9 Å². The van der Waals surface area contributed by atoms with Crippen LogP contribution in [0.25, 0.3) is 5.70 Å². The van der Waals surface area contributed by atoms with Gasteiger partial charge in [0, 0.05) is 23.5 Å². The number of nitrogens with one attached hydrogen (secondary N) is 1. The second kappa shape index (κ2) is 6.56. The van der Waals surface area contributed by atoms with E-state index in [0.717, 1.165) is 33.7 Å². The Bertz CT molecular complexity index is 1260. The van der Waals surface area contributed by atoms with Gasteiger partial charge in [0.25, 0.3) is 0 Å². The largest absolute Gasteiger partial charge is 0.480 e. The van der Waals surface area contributed by atoms with E-state index in [4.69, 9.17) is 4.74 Å².